The van der Waals surface area contributed by atoms with Gasteiger partial charge in [-0.15, -0.1) is 11.6 Å². The molecule has 2 rings (SSSR count). The Morgan fingerprint density at radius 3 is 2.39 bits per heavy atom. The second-order valence-corrected chi connectivity index (χ2v) is 5.45. The number of hydrogen-bond donors (Lipinski definition) is 0. The first-order chi connectivity index (χ1) is 8.61. The molecule has 0 N–H and O–H groups in total. The molecule has 0 saturated carbocycles. The molecule has 1 atom stereocenters. The van der Waals surface area contributed by atoms with Gasteiger partial charge in [0.15, 0.2) is 0 Å². The predicted molar refractivity (Wildman–Crippen MR) is 80.5 cm³/mol. The number of aryl methyl sites for hydroxylation is 1. The van der Waals surface area contributed by atoms with E-state index < -0.39 is 0 Å². The van der Waals surface area contributed by atoms with Crippen LogP contribution in [0.5, 0.6) is 0 Å². The van der Waals surface area contributed by atoms with E-state index in [9.17, 15) is 0 Å². The highest BCUT2D eigenvalue weighted by molar-refractivity contribution is 6.17. The normalized spacial score (nSPS) is 13.2. The number of fused-ring (bicyclic) bond motifs is 1. The van der Waals surface area contributed by atoms with Gasteiger partial charge in [0.2, 0.25) is 0 Å². The minimum atomic E-state index is 0.396. The smallest absolute Gasteiger partial charge is 0.0353 e. The summed E-state index contributed by atoms with van der Waals surface area (Å²) in [6.45, 7) is 2.13. The van der Waals surface area contributed by atoms with Crippen LogP contribution < -0.4 is 0 Å². The van der Waals surface area contributed by atoms with Gasteiger partial charge in [-0.3, -0.25) is 0 Å². The van der Waals surface area contributed by atoms with Crippen molar-refractivity contribution in [3.8, 4) is 0 Å². The van der Waals surface area contributed by atoms with E-state index in [2.05, 4.69) is 62.3 Å². The number of nitrogens with zero attached hydrogens (tertiary/aromatic N) is 1. The summed E-state index contributed by atoms with van der Waals surface area (Å²) in [6, 6.07) is 13.7. The zero-order chi connectivity index (χ0) is 13.1. The lowest BCUT2D eigenvalue weighted by atomic mass is 9.98. The number of alkyl halides is 1. The van der Waals surface area contributed by atoms with Gasteiger partial charge < -0.3 is 4.90 Å². The van der Waals surface area contributed by atoms with E-state index in [0.717, 1.165) is 6.42 Å². The van der Waals surface area contributed by atoms with Crippen molar-refractivity contribution >= 4 is 22.4 Å². The van der Waals surface area contributed by atoms with Gasteiger partial charge in [0.1, 0.15) is 0 Å². The third-order valence-electron chi connectivity index (χ3n) is 3.41. The van der Waals surface area contributed by atoms with E-state index in [0.29, 0.717) is 11.9 Å². The van der Waals surface area contributed by atoms with Crippen molar-refractivity contribution in [2.45, 2.75) is 19.4 Å². The van der Waals surface area contributed by atoms with Crippen molar-refractivity contribution in [1.82, 2.24) is 4.90 Å². The monoisotopic (exact) mass is 261 g/mol. The van der Waals surface area contributed by atoms with E-state index in [4.69, 9.17) is 11.6 Å². The Morgan fingerprint density at radius 1 is 1.06 bits per heavy atom. The average molecular weight is 262 g/mol. The standard InChI is InChI=1S/C16H20ClN/c1-12-4-5-14-11-15(7-6-13(14)10-12)16(8-9-17)18(2)3/h4-7,10-11,16H,8-9H2,1-3H3. The van der Waals surface area contributed by atoms with E-state index in [1.807, 2.05) is 0 Å². The van der Waals surface area contributed by atoms with E-state index in [1.165, 1.54) is 21.9 Å². The fourth-order valence-electron chi connectivity index (χ4n) is 2.42. The van der Waals surface area contributed by atoms with E-state index >= 15 is 0 Å². The highest BCUT2D eigenvalue weighted by Gasteiger charge is 2.13. The summed E-state index contributed by atoms with van der Waals surface area (Å²) in [7, 11) is 4.22. The molecule has 0 heterocycles. The molecule has 2 aromatic rings. The van der Waals surface area contributed by atoms with Gasteiger partial charge in [-0.25, -0.2) is 0 Å². The highest BCUT2D eigenvalue weighted by Crippen LogP contribution is 2.26. The maximum atomic E-state index is 5.90. The fraction of sp³-hybridized carbons (Fsp3) is 0.375. The van der Waals surface area contributed by atoms with Crippen molar-refractivity contribution in [3.05, 3.63) is 47.5 Å². The number of benzene rings is 2. The molecule has 0 aliphatic heterocycles. The molecule has 0 fully saturated rings. The van der Waals surface area contributed by atoms with Gasteiger partial charge in [-0.1, -0.05) is 35.9 Å². The molecule has 0 aliphatic carbocycles. The largest absolute Gasteiger partial charge is 0.302 e. The van der Waals surface area contributed by atoms with Crippen molar-refractivity contribution in [2.75, 3.05) is 20.0 Å². The van der Waals surface area contributed by atoms with Crippen LogP contribution in [0.3, 0.4) is 0 Å². The summed E-state index contributed by atoms with van der Waals surface area (Å²) in [5.74, 6) is 0.689. The Balaban J connectivity index is 2.42. The summed E-state index contributed by atoms with van der Waals surface area (Å²) in [5.41, 5.74) is 2.65. The summed E-state index contributed by atoms with van der Waals surface area (Å²) >= 11 is 5.90. The number of rotatable bonds is 4. The molecule has 2 heteroatoms. The SMILES string of the molecule is Cc1ccc2cc(C(CCCl)N(C)C)ccc2c1. The first-order valence-corrected chi connectivity index (χ1v) is 6.88. The van der Waals surface area contributed by atoms with Crippen LogP contribution in [0.2, 0.25) is 0 Å². The molecule has 0 saturated heterocycles. The summed E-state index contributed by atoms with van der Waals surface area (Å²) in [4.78, 5) is 2.23. The van der Waals surface area contributed by atoms with Crippen LogP contribution in [-0.4, -0.2) is 24.9 Å². The molecule has 0 aromatic heterocycles. The highest BCUT2D eigenvalue weighted by atomic mass is 35.5. The van der Waals surface area contributed by atoms with E-state index in [1.54, 1.807) is 0 Å². The predicted octanol–water partition coefficient (Wildman–Crippen LogP) is 4.38. The lowest BCUT2D eigenvalue weighted by Crippen LogP contribution is -2.20. The minimum Gasteiger partial charge on any atom is -0.302 e. The molecule has 1 nitrogen and oxygen atoms in total. The van der Waals surface area contributed by atoms with Crippen LogP contribution in [0.4, 0.5) is 0 Å². The lowest BCUT2D eigenvalue weighted by molar-refractivity contribution is 0.293. The molecule has 2 aromatic carbocycles. The second-order valence-electron chi connectivity index (χ2n) is 5.07. The minimum absolute atomic E-state index is 0.396. The molecule has 0 spiro atoms. The van der Waals surface area contributed by atoms with Crippen molar-refractivity contribution < 1.29 is 0 Å². The Kier molecular flexibility index (Phi) is 4.26. The maximum Gasteiger partial charge on any atom is 0.0353 e. The van der Waals surface area contributed by atoms with Crippen LogP contribution in [0.25, 0.3) is 10.8 Å². The molecule has 0 amide bonds. The van der Waals surface area contributed by atoms with Crippen LogP contribution in [0, 0.1) is 6.92 Å². The quantitative estimate of drug-likeness (QED) is 0.739. The van der Waals surface area contributed by atoms with Crippen molar-refractivity contribution in [1.29, 1.82) is 0 Å². The first kappa shape index (κ1) is 13.4. The summed E-state index contributed by atoms with van der Waals surface area (Å²) in [5, 5.41) is 2.61. The molecule has 0 aliphatic rings. The Hall–Kier alpha value is -1.05. The molecule has 1 unspecified atom stereocenters. The molecular formula is C16H20ClN. The third kappa shape index (κ3) is 2.85. The van der Waals surface area contributed by atoms with Gasteiger partial charge in [-0.2, -0.15) is 0 Å². The first-order valence-electron chi connectivity index (χ1n) is 6.34. The zero-order valence-electron chi connectivity index (χ0n) is 11.3. The average Bonchev–Trinajstić information content (AvgIpc) is 2.35. The Labute approximate surface area is 114 Å². The summed E-state index contributed by atoms with van der Waals surface area (Å²) in [6.07, 6.45) is 0.978. The van der Waals surface area contributed by atoms with Gasteiger partial charge in [0, 0.05) is 11.9 Å². The van der Waals surface area contributed by atoms with Crippen molar-refractivity contribution in [3.63, 3.8) is 0 Å². The zero-order valence-corrected chi connectivity index (χ0v) is 12.0. The van der Waals surface area contributed by atoms with Crippen LogP contribution in [0.15, 0.2) is 36.4 Å². The van der Waals surface area contributed by atoms with Gasteiger partial charge >= 0.3 is 0 Å². The number of halogens is 1. The van der Waals surface area contributed by atoms with Gasteiger partial charge in [0.05, 0.1) is 0 Å². The third-order valence-corrected chi connectivity index (χ3v) is 3.63. The van der Waals surface area contributed by atoms with Crippen LogP contribution in [-0.2, 0) is 0 Å². The van der Waals surface area contributed by atoms with E-state index in [-0.39, 0.29) is 0 Å². The summed E-state index contributed by atoms with van der Waals surface area (Å²) < 4.78 is 0. The maximum absolute atomic E-state index is 5.90. The second kappa shape index (κ2) is 5.73. The molecule has 96 valence electrons. The van der Waals surface area contributed by atoms with Gasteiger partial charge in [-0.05, 0) is 49.8 Å². The Morgan fingerprint density at radius 2 is 1.72 bits per heavy atom. The van der Waals surface area contributed by atoms with Crippen molar-refractivity contribution in [2.24, 2.45) is 0 Å². The van der Waals surface area contributed by atoms with Crippen LogP contribution in [0.1, 0.15) is 23.6 Å². The molecule has 0 radical (unpaired) electrons. The Bertz CT molecular complexity index is 534. The lowest BCUT2D eigenvalue weighted by Gasteiger charge is -2.24. The number of hydrogen-bond acceptors (Lipinski definition) is 1. The fourth-order valence-corrected chi connectivity index (χ4v) is 2.62. The molecule has 0 bridgehead atoms. The van der Waals surface area contributed by atoms with Gasteiger partial charge in [0.25, 0.3) is 0 Å². The molecular weight excluding hydrogens is 242 g/mol. The molecule has 18 heavy (non-hydrogen) atoms. The topological polar surface area (TPSA) is 3.24 Å². The van der Waals surface area contributed by atoms with Crippen LogP contribution >= 0.6 is 11.6 Å².